The maximum absolute atomic E-state index is 13.1. The molecule has 0 aliphatic carbocycles. The Hall–Kier alpha value is -6.06. The number of para-hydroxylation sites is 3. The molecule has 0 saturated carbocycles. The summed E-state index contributed by atoms with van der Waals surface area (Å²) in [6.45, 7) is 2.39. The van der Waals surface area contributed by atoms with Gasteiger partial charge in [-0.1, -0.05) is 54.6 Å². The molecule has 0 atom stereocenters. The Bertz CT molecular complexity index is 2300. The first kappa shape index (κ1) is 70.9. The SMILES string of the molecule is CCN(C)/C(=C\C(CCF)=[N+](C)CC)CCF.CN(/C(=C\C(CCF)=[N+](C)c1ccccc1)CCF)c1ccccc1.CN(C(=CC(CCF)=[N+](C)C)CCF)c1ccccc1.CN(C)/C(=C\C(CCF)=[N+](C)C)CCF. The number of hydrogen-bond acceptors (Lipinski definition) is 4. The second-order valence-corrected chi connectivity index (χ2v) is 18.4. The molecule has 77 heavy (non-hydrogen) atoms. The fraction of sp³-hybridized carbons (Fsp3) is 0.508. The van der Waals surface area contributed by atoms with E-state index in [-0.39, 0.29) is 39.5 Å². The summed E-state index contributed by atoms with van der Waals surface area (Å²) in [6, 6.07) is 29.3. The van der Waals surface area contributed by atoms with Gasteiger partial charge < -0.3 is 19.6 Å². The fourth-order valence-corrected chi connectivity index (χ4v) is 7.43. The van der Waals surface area contributed by atoms with Crippen molar-refractivity contribution in [3.05, 3.63) is 138 Å². The Morgan fingerprint density at radius 1 is 0.390 bits per heavy atom. The molecule has 0 aliphatic heterocycles. The Morgan fingerprint density at radius 2 is 0.701 bits per heavy atom. The summed E-state index contributed by atoms with van der Waals surface area (Å²) in [5, 5.41) is 0. The topological polar surface area (TPSA) is 25.0 Å². The molecular weight excluding hydrogens is 997 g/mol. The molecular formula is C61H94F8N8+4. The highest BCUT2D eigenvalue weighted by Crippen LogP contribution is 2.22. The molecule has 3 aromatic carbocycles. The molecule has 430 valence electrons. The lowest BCUT2D eigenvalue weighted by Crippen LogP contribution is -2.22. The third kappa shape index (κ3) is 28.8. The normalized spacial score (nSPS) is 12.3. The third-order valence-electron chi connectivity index (χ3n) is 12.5. The summed E-state index contributed by atoms with van der Waals surface area (Å²) in [5.74, 6) is 0. The van der Waals surface area contributed by atoms with Crippen molar-refractivity contribution in [2.24, 2.45) is 0 Å². The molecule has 0 spiro atoms. The second-order valence-electron chi connectivity index (χ2n) is 18.4. The van der Waals surface area contributed by atoms with Crippen LogP contribution in [0, 0.1) is 0 Å². The van der Waals surface area contributed by atoms with Gasteiger partial charge in [-0.2, -0.15) is 4.58 Å². The van der Waals surface area contributed by atoms with E-state index in [1.807, 2.05) is 245 Å². The van der Waals surface area contributed by atoms with Crippen LogP contribution in [0.3, 0.4) is 0 Å². The minimum Gasteiger partial charge on any atom is -0.381 e. The van der Waals surface area contributed by atoms with Crippen molar-refractivity contribution in [3.8, 4) is 0 Å². The smallest absolute Gasteiger partial charge is 0.205 e. The highest BCUT2D eigenvalue weighted by atomic mass is 19.2. The summed E-state index contributed by atoms with van der Waals surface area (Å²) in [7, 11) is 20.8. The predicted octanol–water partition coefficient (Wildman–Crippen LogP) is 13.1. The molecule has 0 heterocycles. The van der Waals surface area contributed by atoms with Crippen molar-refractivity contribution >= 4 is 39.9 Å². The second kappa shape index (κ2) is 43.0. The zero-order valence-electron chi connectivity index (χ0n) is 48.8. The molecule has 0 unspecified atom stereocenters. The minimum atomic E-state index is -0.457. The van der Waals surface area contributed by atoms with Crippen LogP contribution in [0.4, 0.5) is 52.2 Å². The zero-order valence-corrected chi connectivity index (χ0v) is 48.8. The highest BCUT2D eigenvalue weighted by Gasteiger charge is 2.17. The number of hydrogen-bond donors (Lipinski definition) is 0. The van der Waals surface area contributed by atoms with Gasteiger partial charge in [0.1, 0.15) is 48.8 Å². The first-order chi connectivity index (χ1) is 36.9. The van der Waals surface area contributed by atoms with E-state index in [9.17, 15) is 35.1 Å². The number of halogens is 8. The van der Waals surface area contributed by atoms with Crippen molar-refractivity contribution in [1.29, 1.82) is 0 Å². The van der Waals surface area contributed by atoms with Crippen LogP contribution in [0.5, 0.6) is 0 Å². The molecule has 0 N–H and O–H groups in total. The van der Waals surface area contributed by atoms with Crippen molar-refractivity contribution in [2.45, 2.75) is 65.2 Å². The summed E-state index contributed by atoms with van der Waals surface area (Å²) < 4.78 is 109. The number of rotatable bonds is 29. The molecule has 0 aliphatic rings. The molecule has 0 saturated heterocycles. The van der Waals surface area contributed by atoms with Gasteiger partial charge in [-0.3, -0.25) is 35.1 Å². The molecule has 8 nitrogen and oxygen atoms in total. The van der Waals surface area contributed by atoms with Gasteiger partial charge in [-0.15, -0.1) is 0 Å². The molecule has 3 rings (SSSR count). The lowest BCUT2D eigenvalue weighted by molar-refractivity contribution is -0.493. The van der Waals surface area contributed by atoms with Crippen molar-refractivity contribution in [2.75, 3.05) is 154 Å². The van der Waals surface area contributed by atoms with Crippen LogP contribution in [0.2, 0.25) is 0 Å². The fourth-order valence-electron chi connectivity index (χ4n) is 7.43. The number of allylic oxidation sites excluding steroid dienone is 8. The van der Waals surface area contributed by atoms with E-state index >= 15 is 0 Å². The van der Waals surface area contributed by atoms with Gasteiger partial charge in [-0.25, -0.2) is 13.7 Å². The number of nitrogens with zero attached hydrogens (tertiary/aromatic N) is 8. The van der Waals surface area contributed by atoms with Gasteiger partial charge in [-0.05, 0) is 38.1 Å². The van der Waals surface area contributed by atoms with Gasteiger partial charge in [0.2, 0.25) is 5.69 Å². The summed E-state index contributed by atoms with van der Waals surface area (Å²) in [4.78, 5) is 7.76. The minimum absolute atomic E-state index is 0.282. The zero-order chi connectivity index (χ0) is 58.1. The van der Waals surface area contributed by atoms with E-state index in [2.05, 4.69) is 0 Å². The monoisotopic (exact) mass is 1090 g/mol. The Balaban J connectivity index is 0.00000102. The van der Waals surface area contributed by atoms with Crippen LogP contribution in [0.1, 0.15) is 65.2 Å². The molecule has 0 amide bonds. The molecule has 3 aromatic rings. The van der Waals surface area contributed by atoms with E-state index in [1.54, 1.807) is 0 Å². The van der Waals surface area contributed by atoms with Crippen molar-refractivity contribution in [1.82, 2.24) is 9.80 Å². The van der Waals surface area contributed by atoms with E-state index < -0.39 is 26.7 Å². The quantitative estimate of drug-likeness (QED) is 0.0393. The maximum Gasteiger partial charge on any atom is 0.205 e. The molecule has 0 aromatic heterocycles. The van der Waals surface area contributed by atoms with E-state index in [0.29, 0.717) is 38.5 Å². The largest absolute Gasteiger partial charge is 0.381 e. The van der Waals surface area contributed by atoms with Crippen LogP contribution >= 0.6 is 0 Å². The Morgan fingerprint density at radius 3 is 1.05 bits per heavy atom. The van der Waals surface area contributed by atoms with Gasteiger partial charge >= 0.3 is 0 Å². The van der Waals surface area contributed by atoms with Crippen LogP contribution in [0.15, 0.2) is 138 Å². The average molecular weight is 1090 g/mol. The summed E-state index contributed by atoms with van der Waals surface area (Å²) in [6.07, 6.45) is 10.3. The maximum atomic E-state index is 13.1. The Labute approximate surface area is 458 Å². The molecule has 16 heteroatoms. The van der Waals surface area contributed by atoms with Gasteiger partial charge in [0.05, 0.1) is 79.1 Å². The highest BCUT2D eigenvalue weighted by molar-refractivity contribution is 5.93. The van der Waals surface area contributed by atoms with Crippen LogP contribution in [-0.2, 0) is 0 Å². The van der Waals surface area contributed by atoms with E-state index in [4.69, 9.17) is 0 Å². The van der Waals surface area contributed by atoms with Gasteiger partial charge in [0, 0.05) is 138 Å². The van der Waals surface area contributed by atoms with Crippen molar-refractivity contribution < 1.29 is 53.4 Å². The summed E-state index contributed by atoms with van der Waals surface area (Å²) in [5.41, 5.74) is 9.91. The molecule has 0 bridgehead atoms. The molecule has 0 radical (unpaired) electrons. The van der Waals surface area contributed by atoms with Gasteiger partial charge in [0.15, 0.2) is 22.8 Å². The van der Waals surface area contributed by atoms with Gasteiger partial charge in [0.25, 0.3) is 0 Å². The lowest BCUT2D eigenvalue weighted by Gasteiger charge is -2.22. The van der Waals surface area contributed by atoms with E-state index in [1.165, 1.54) is 0 Å². The third-order valence-corrected chi connectivity index (χ3v) is 12.5. The van der Waals surface area contributed by atoms with Crippen LogP contribution in [0.25, 0.3) is 0 Å². The standard InChI is InChI=1S/C21H25F2N2.C16H23F2N2.C13H25F2N2.C11H21F2N2/c1-24(18-9-5-3-6-10-18)20(13-15-22)17-21(14-16-23)25(2)19-11-7-4-8-12-19;1-19(2)15(9-11-17)13-16(10-12-18)20(3)14-7-5-4-6-8-14;1-5-16(3)12(7-9-14)11-13(8-10-15)17(4)6-2;1-14(2)10(5-7-12)9-11(6-8-13)15(3)4/h3-12,17H,13-16H2,1-2H3;4-8,13H,9-12H2,1-3H3;11H,5-10H2,1-4H3;9H,5-8H2,1-4H3/q4*+1. The average Bonchev–Trinajstić information content (AvgIpc) is 3.43. The lowest BCUT2D eigenvalue weighted by atomic mass is 10.1. The first-order valence-corrected chi connectivity index (χ1v) is 26.4. The summed E-state index contributed by atoms with van der Waals surface area (Å²) >= 11 is 0. The molecule has 0 fully saturated rings. The number of benzene rings is 3. The van der Waals surface area contributed by atoms with Crippen molar-refractivity contribution in [3.63, 3.8) is 0 Å². The van der Waals surface area contributed by atoms with E-state index in [0.717, 1.165) is 75.8 Å². The number of alkyl halides is 8. The first-order valence-electron chi connectivity index (χ1n) is 26.4. The van der Waals surface area contributed by atoms with Crippen LogP contribution in [-0.4, -0.2) is 195 Å². The van der Waals surface area contributed by atoms with Crippen LogP contribution < -0.4 is 9.80 Å². The predicted molar refractivity (Wildman–Crippen MR) is 312 cm³/mol. The Kier molecular flexibility index (Phi) is 39.6. The number of anilines is 2.